The van der Waals surface area contributed by atoms with E-state index in [4.69, 9.17) is 5.11 Å². The monoisotopic (exact) mass is 261 g/mol. The Balaban J connectivity index is 2.30. The maximum atomic E-state index is 10.9. The quantitative estimate of drug-likeness (QED) is 0.724. The highest BCUT2D eigenvalue weighted by atomic mass is 32.2. The lowest BCUT2D eigenvalue weighted by Gasteiger charge is -2.16. The second-order valence-corrected chi connectivity index (χ2v) is 5.68. The molecule has 0 saturated carbocycles. The molecule has 0 saturated heterocycles. The zero-order valence-electron chi connectivity index (χ0n) is 9.21. The van der Waals surface area contributed by atoms with Crippen molar-refractivity contribution in [3.8, 4) is 0 Å². The van der Waals surface area contributed by atoms with Crippen LogP contribution in [0.15, 0.2) is 10.7 Å². The van der Waals surface area contributed by atoms with E-state index >= 15 is 0 Å². The second kappa shape index (κ2) is 6.82. The first kappa shape index (κ1) is 13.4. The second-order valence-electron chi connectivity index (χ2n) is 3.56. The Bertz CT molecular complexity index is 317. The van der Waals surface area contributed by atoms with Crippen molar-refractivity contribution in [1.82, 2.24) is 14.7 Å². The van der Waals surface area contributed by atoms with Crippen molar-refractivity contribution in [1.29, 1.82) is 0 Å². The van der Waals surface area contributed by atoms with Gasteiger partial charge in [-0.15, -0.1) is 0 Å². The van der Waals surface area contributed by atoms with Crippen LogP contribution in [-0.2, 0) is 4.79 Å². The van der Waals surface area contributed by atoms with E-state index in [1.807, 2.05) is 13.8 Å². The molecular weight excluding hydrogens is 246 g/mol. The number of hydrogen-bond donors (Lipinski definition) is 2. The van der Waals surface area contributed by atoms with Crippen LogP contribution in [0.5, 0.6) is 0 Å². The SMILES string of the molecule is CC(C)NC(CCSc1ncns1)C(=O)O. The van der Waals surface area contributed by atoms with Crippen LogP contribution in [0.2, 0.25) is 0 Å². The molecule has 1 unspecified atom stereocenters. The summed E-state index contributed by atoms with van der Waals surface area (Å²) in [5.41, 5.74) is 0. The molecule has 90 valence electrons. The minimum atomic E-state index is -0.799. The average Bonchev–Trinajstić information content (AvgIpc) is 2.68. The normalized spacial score (nSPS) is 12.9. The Morgan fingerprint density at radius 2 is 2.44 bits per heavy atom. The van der Waals surface area contributed by atoms with Crippen LogP contribution in [0.1, 0.15) is 20.3 Å². The summed E-state index contributed by atoms with van der Waals surface area (Å²) >= 11 is 2.87. The third-order valence-electron chi connectivity index (χ3n) is 1.81. The number of carboxylic acid groups (broad SMARTS) is 1. The molecule has 1 aromatic rings. The summed E-state index contributed by atoms with van der Waals surface area (Å²) < 4.78 is 4.76. The summed E-state index contributed by atoms with van der Waals surface area (Å²) in [6, 6.07) is -0.312. The van der Waals surface area contributed by atoms with Gasteiger partial charge in [-0.3, -0.25) is 4.79 Å². The van der Waals surface area contributed by atoms with Gasteiger partial charge in [-0.25, -0.2) is 4.98 Å². The van der Waals surface area contributed by atoms with Crippen molar-refractivity contribution < 1.29 is 9.90 Å². The molecule has 1 heterocycles. The molecule has 0 radical (unpaired) electrons. The zero-order chi connectivity index (χ0) is 12.0. The molecule has 1 aromatic heterocycles. The first-order valence-corrected chi connectivity index (χ1v) is 6.74. The maximum absolute atomic E-state index is 10.9. The van der Waals surface area contributed by atoms with Gasteiger partial charge in [-0.2, -0.15) is 4.37 Å². The van der Waals surface area contributed by atoms with Gasteiger partial charge >= 0.3 is 5.97 Å². The molecule has 0 fully saturated rings. The van der Waals surface area contributed by atoms with E-state index in [0.717, 1.165) is 10.1 Å². The zero-order valence-corrected chi connectivity index (χ0v) is 10.8. The van der Waals surface area contributed by atoms with E-state index in [2.05, 4.69) is 14.7 Å². The van der Waals surface area contributed by atoms with Gasteiger partial charge in [0.25, 0.3) is 0 Å². The topological polar surface area (TPSA) is 75.1 Å². The molecule has 0 amide bonds. The fourth-order valence-electron chi connectivity index (χ4n) is 1.17. The van der Waals surface area contributed by atoms with Crippen molar-refractivity contribution in [2.45, 2.75) is 36.7 Å². The van der Waals surface area contributed by atoms with Gasteiger partial charge in [0.15, 0.2) is 4.34 Å². The van der Waals surface area contributed by atoms with Crippen LogP contribution in [0, 0.1) is 0 Å². The van der Waals surface area contributed by atoms with Gasteiger partial charge in [0.2, 0.25) is 0 Å². The molecule has 0 aromatic carbocycles. The Labute approximate surface area is 103 Å². The lowest BCUT2D eigenvalue weighted by atomic mass is 10.2. The molecule has 7 heteroatoms. The molecule has 0 aliphatic heterocycles. The summed E-state index contributed by atoms with van der Waals surface area (Å²) in [7, 11) is 0. The number of nitrogens with one attached hydrogen (secondary N) is 1. The minimum Gasteiger partial charge on any atom is -0.480 e. The third-order valence-corrected chi connectivity index (χ3v) is 3.64. The van der Waals surface area contributed by atoms with E-state index in [-0.39, 0.29) is 6.04 Å². The molecule has 5 nitrogen and oxygen atoms in total. The smallest absolute Gasteiger partial charge is 0.320 e. The molecule has 0 bridgehead atoms. The Hall–Kier alpha value is -0.660. The predicted molar refractivity (Wildman–Crippen MR) is 64.9 cm³/mol. The number of nitrogens with zero attached hydrogens (tertiary/aromatic N) is 2. The van der Waals surface area contributed by atoms with Crippen LogP contribution in [0.3, 0.4) is 0 Å². The highest BCUT2D eigenvalue weighted by Gasteiger charge is 2.17. The molecule has 0 aliphatic carbocycles. The Morgan fingerprint density at radius 3 is 2.94 bits per heavy atom. The molecule has 2 N–H and O–H groups in total. The first-order chi connectivity index (χ1) is 7.59. The highest BCUT2D eigenvalue weighted by Crippen LogP contribution is 2.19. The summed E-state index contributed by atoms with van der Waals surface area (Å²) in [5, 5.41) is 12.0. The van der Waals surface area contributed by atoms with E-state index in [0.29, 0.717) is 6.42 Å². The molecule has 16 heavy (non-hydrogen) atoms. The van der Waals surface area contributed by atoms with E-state index in [1.54, 1.807) is 11.8 Å². The van der Waals surface area contributed by atoms with Gasteiger partial charge < -0.3 is 10.4 Å². The lowest BCUT2D eigenvalue weighted by molar-refractivity contribution is -0.139. The molecule has 1 rings (SSSR count). The van der Waals surface area contributed by atoms with Crippen LogP contribution < -0.4 is 5.32 Å². The van der Waals surface area contributed by atoms with Crippen LogP contribution in [-0.4, -0.2) is 38.3 Å². The molecular formula is C9H15N3O2S2. The van der Waals surface area contributed by atoms with Crippen LogP contribution >= 0.6 is 23.3 Å². The van der Waals surface area contributed by atoms with Crippen molar-refractivity contribution in [2.75, 3.05) is 5.75 Å². The number of carboxylic acids is 1. The summed E-state index contributed by atoms with van der Waals surface area (Å²) in [4.78, 5) is 15.0. The fourth-order valence-corrected chi connectivity index (χ4v) is 2.69. The third kappa shape index (κ3) is 4.91. The van der Waals surface area contributed by atoms with Crippen molar-refractivity contribution in [3.63, 3.8) is 0 Å². The number of rotatable bonds is 7. The molecule has 0 spiro atoms. The van der Waals surface area contributed by atoms with Gasteiger partial charge in [-0.05, 0) is 18.0 Å². The van der Waals surface area contributed by atoms with E-state index in [1.165, 1.54) is 17.9 Å². The van der Waals surface area contributed by atoms with Gasteiger partial charge in [0.05, 0.1) is 0 Å². The van der Waals surface area contributed by atoms with Crippen molar-refractivity contribution in [2.24, 2.45) is 0 Å². The number of carbonyl (C=O) groups is 1. The predicted octanol–water partition coefficient (Wildman–Crippen LogP) is 1.47. The number of aliphatic carboxylic acids is 1. The number of hydrogen-bond acceptors (Lipinski definition) is 6. The van der Waals surface area contributed by atoms with Crippen molar-refractivity contribution >= 4 is 29.3 Å². The first-order valence-electron chi connectivity index (χ1n) is 4.98. The summed E-state index contributed by atoms with van der Waals surface area (Å²) in [5.74, 6) is -0.0714. The van der Waals surface area contributed by atoms with E-state index in [9.17, 15) is 4.79 Å². The average molecular weight is 261 g/mol. The minimum absolute atomic E-state index is 0.174. The standard InChI is InChI=1S/C9H15N3O2S2/c1-6(2)12-7(8(13)14)3-4-15-9-10-5-11-16-9/h5-7,12H,3-4H2,1-2H3,(H,13,14). The van der Waals surface area contributed by atoms with Crippen molar-refractivity contribution in [3.05, 3.63) is 6.33 Å². The fraction of sp³-hybridized carbons (Fsp3) is 0.667. The number of aromatic nitrogens is 2. The summed E-state index contributed by atoms with van der Waals surface area (Å²) in [6.45, 7) is 3.88. The van der Waals surface area contributed by atoms with Gasteiger partial charge in [-0.1, -0.05) is 25.6 Å². The van der Waals surface area contributed by atoms with Crippen LogP contribution in [0.25, 0.3) is 0 Å². The molecule has 0 aliphatic rings. The van der Waals surface area contributed by atoms with E-state index < -0.39 is 12.0 Å². The highest BCUT2D eigenvalue weighted by molar-refractivity contribution is 8.00. The van der Waals surface area contributed by atoms with Gasteiger partial charge in [0.1, 0.15) is 12.4 Å². The largest absolute Gasteiger partial charge is 0.480 e. The molecule has 1 atom stereocenters. The van der Waals surface area contributed by atoms with Crippen LogP contribution in [0.4, 0.5) is 0 Å². The summed E-state index contributed by atoms with van der Waals surface area (Å²) in [6.07, 6.45) is 2.09. The lowest BCUT2D eigenvalue weighted by Crippen LogP contribution is -2.41. The Kier molecular flexibility index (Phi) is 5.72. The maximum Gasteiger partial charge on any atom is 0.320 e. The van der Waals surface area contributed by atoms with Gasteiger partial charge in [0, 0.05) is 11.8 Å². The number of thioether (sulfide) groups is 1. The Morgan fingerprint density at radius 1 is 1.69 bits per heavy atom.